The fourth-order valence-corrected chi connectivity index (χ4v) is 5.06. The number of hydrogen-bond donors (Lipinski definition) is 0. The summed E-state index contributed by atoms with van der Waals surface area (Å²) < 4.78 is 40.1. The maximum atomic E-state index is 13.5. The molecule has 1 aromatic heterocycles. The number of aryl methyl sites for hydroxylation is 2. The minimum Gasteiger partial charge on any atom is -0.343 e. The third kappa shape index (κ3) is 4.30. The SMILES string of the molecule is Cn1cnnc1S(=O)(=O)C1CCN(C(=O)CCc2ccc(Cl)c(F)c2)CC1. The molecule has 0 saturated carbocycles. The zero-order valence-electron chi connectivity index (χ0n) is 14.8. The minimum absolute atomic E-state index is 0.0444. The lowest BCUT2D eigenvalue weighted by atomic mass is 10.1. The average Bonchev–Trinajstić information content (AvgIpc) is 3.09. The Labute approximate surface area is 162 Å². The van der Waals surface area contributed by atoms with Crippen LogP contribution in [-0.4, -0.2) is 52.3 Å². The van der Waals surface area contributed by atoms with Gasteiger partial charge in [0.2, 0.25) is 20.9 Å². The van der Waals surface area contributed by atoms with Crippen LogP contribution < -0.4 is 0 Å². The second kappa shape index (κ2) is 7.93. The van der Waals surface area contributed by atoms with Crippen molar-refractivity contribution >= 4 is 27.3 Å². The molecule has 146 valence electrons. The summed E-state index contributed by atoms with van der Waals surface area (Å²) in [4.78, 5) is 14.1. The summed E-state index contributed by atoms with van der Waals surface area (Å²) in [5.41, 5.74) is 0.699. The Bertz CT molecular complexity index is 939. The monoisotopic (exact) mass is 414 g/mol. The van der Waals surface area contributed by atoms with Gasteiger partial charge in [-0.1, -0.05) is 17.7 Å². The van der Waals surface area contributed by atoms with Crippen molar-refractivity contribution in [3.63, 3.8) is 0 Å². The molecule has 0 aliphatic carbocycles. The number of sulfone groups is 1. The van der Waals surface area contributed by atoms with Gasteiger partial charge in [0.1, 0.15) is 12.1 Å². The van der Waals surface area contributed by atoms with E-state index >= 15 is 0 Å². The van der Waals surface area contributed by atoms with Gasteiger partial charge in [-0.15, -0.1) is 10.2 Å². The number of carbonyl (C=O) groups is 1. The highest BCUT2D eigenvalue weighted by Crippen LogP contribution is 2.24. The van der Waals surface area contributed by atoms with Crippen molar-refractivity contribution in [2.45, 2.75) is 36.1 Å². The first-order chi connectivity index (χ1) is 12.8. The average molecular weight is 415 g/mol. The van der Waals surface area contributed by atoms with Crippen molar-refractivity contribution in [1.29, 1.82) is 0 Å². The van der Waals surface area contributed by atoms with E-state index in [2.05, 4.69) is 10.2 Å². The molecular formula is C17H20ClFN4O3S. The maximum Gasteiger partial charge on any atom is 0.249 e. The van der Waals surface area contributed by atoms with E-state index in [1.807, 2.05) is 0 Å². The molecule has 1 aliphatic rings. The number of likely N-dealkylation sites (tertiary alicyclic amines) is 1. The van der Waals surface area contributed by atoms with E-state index in [0.717, 1.165) is 0 Å². The fourth-order valence-electron chi connectivity index (χ4n) is 3.20. The number of benzene rings is 1. The Balaban J connectivity index is 1.55. The van der Waals surface area contributed by atoms with Crippen LogP contribution in [0.15, 0.2) is 29.7 Å². The summed E-state index contributed by atoms with van der Waals surface area (Å²) in [6.45, 7) is 0.741. The molecule has 0 unspecified atom stereocenters. The highest BCUT2D eigenvalue weighted by molar-refractivity contribution is 7.91. The van der Waals surface area contributed by atoms with Crippen LogP contribution in [0.2, 0.25) is 5.02 Å². The molecule has 27 heavy (non-hydrogen) atoms. The highest BCUT2D eigenvalue weighted by atomic mass is 35.5. The van der Waals surface area contributed by atoms with E-state index < -0.39 is 20.9 Å². The van der Waals surface area contributed by atoms with Gasteiger partial charge in [-0.05, 0) is 37.0 Å². The smallest absolute Gasteiger partial charge is 0.249 e. The first-order valence-electron chi connectivity index (χ1n) is 8.58. The van der Waals surface area contributed by atoms with E-state index in [1.165, 1.54) is 23.0 Å². The Morgan fingerprint density at radius 2 is 2.04 bits per heavy atom. The summed E-state index contributed by atoms with van der Waals surface area (Å²) in [6, 6.07) is 4.49. The fraction of sp³-hybridized carbons (Fsp3) is 0.471. The van der Waals surface area contributed by atoms with Crippen LogP contribution in [0, 0.1) is 5.82 Å². The lowest BCUT2D eigenvalue weighted by molar-refractivity contribution is -0.132. The van der Waals surface area contributed by atoms with Crippen molar-refractivity contribution in [1.82, 2.24) is 19.7 Å². The quantitative estimate of drug-likeness (QED) is 0.747. The molecule has 2 heterocycles. The Kier molecular flexibility index (Phi) is 5.81. The van der Waals surface area contributed by atoms with Gasteiger partial charge in [0.05, 0.1) is 10.3 Å². The third-order valence-electron chi connectivity index (χ3n) is 4.77. The molecule has 7 nitrogen and oxygen atoms in total. The van der Waals surface area contributed by atoms with Crippen LogP contribution in [0.5, 0.6) is 0 Å². The number of aromatic nitrogens is 3. The molecule has 1 aliphatic heterocycles. The number of amides is 1. The Morgan fingerprint density at radius 1 is 1.33 bits per heavy atom. The molecular weight excluding hydrogens is 395 g/mol. The molecule has 0 spiro atoms. The summed E-state index contributed by atoms with van der Waals surface area (Å²) >= 11 is 5.65. The molecule has 1 amide bonds. The maximum absolute atomic E-state index is 13.5. The number of halogens is 2. The molecule has 0 bridgehead atoms. The van der Waals surface area contributed by atoms with Gasteiger partial charge in [0.15, 0.2) is 0 Å². The van der Waals surface area contributed by atoms with Crippen molar-refractivity contribution in [3.8, 4) is 0 Å². The van der Waals surface area contributed by atoms with Crippen LogP contribution in [0.1, 0.15) is 24.8 Å². The van der Waals surface area contributed by atoms with Gasteiger partial charge in [0, 0.05) is 26.6 Å². The topological polar surface area (TPSA) is 85.2 Å². The van der Waals surface area contributed by atoms with Crippen LogP contribution >= 0.6 is 11.6 Å². The molecule has 0 atom stereocenters. The molecule has 1 fully saturated rings. The Morgan fingerprint density at radius 3 is 2.63 bits per heavy atom. The first kappa shape index (κ1) is 19.8. The van der Waals surface area contributed by atoms with E-state index in [0.29, 0.717) is 37.9 Å². The zero-order chi connectivity index (χ0) is 19.6. The van der Waals surface area contributed by atoms with E-state index in [9.17, 15) is 17.6 Å². The van der Waals surface area contributed by atoms with Crippen LogP contribution in [0.3, 0.4) is 0 Å². The van der Waals surface area contributed by atoms with Gasteiger partial charge >= 0.3 is 0 Å². The van der Waals surface area contributed by atoms with Crippen LogP contribution in [0.25, 0.3) is 0 Å². The summed E-state index contributed by atoms with van der Waals surface area (Å²) in [5, 5.41) is 6.76. The molecule has 1 aromatic carbocycles. The molecule has 0 N–H and O–H groups in total. The normalized spacial score (nSPS) is 15.9. The molecule has 3 rings (SSSR count). The summed E-state index contributed by atoms with van der Waals surface area (Å²) in [5.74, 6) is -0.573. The van der Waals surface area contributed by atoms with Gasteiger partial charge in [0.25, 0.3) is 0 Å². The summed E-state index contributed by atoms with van der Waals surface area (Å²) in [6.07, 6.45) is 2.71. The standard InChI is InChI=1S/C17H20ClFN4O3S/c1-22-11-20-21-17(22)27(25,26)13-6-8-23(9-7-13)16(24)5-3-12-2-4-14(18)15(19)10-12/h2,4,10-11,13H,3,5-9H2,1H3. The van der Waals surface area contributed by atoms with Gasteiger partial charge in [-0.25, -0.2) is 12.8 Å². The lowest BCUT2D eigenvalue weighted by Crippen LogP contribution is -2.43. The van der Waals surface area contributed by atoms with E-state index in [1.54, 1.807) is 18.0 Å². The molecule has 2 aromatic rings. The number of piperidine rings is 1. The predicted molar refractivity (Wildman–Crippen MR) is 97.5 cm³/mol. The lowest BCUT2D eigenvalue weighted by Gasteiger charge is -2.31. The second-order valence-corrected chi connectivity index (χ2v) is 9.13. The minimum atomic E-state index is -3.57. The Hall–Kier alpha value is -2.00. The zero-order valence-corrected chi connectivity index (χ0v) is 16.4. The van der Waals surface area contributed by atoms with Crippen molar-refractivity contribution in [2.75, 3.05) is 13.1 Å². The highest BCUT2D eigenvalue weighted by Gasteiger charge is 2.35. The second-order valence-electron chi connectivity index (χ2n) is 6.60. The first-order valence-corrected chi connectivity index (χ1v) is 10.5. The number of rotatable bonds is 5. The van der Waals surface area contributed by atoms with E-state index in [4.69, 9.17) is 11.6 Å². The number of hydrogen-bond acceptors (Lipinski definition) is 5. The van der Waals surface area contributed by atoms with Gasteiger partial charge < -0.3 is 9.47 Å². The van der Waals surface area contributed by atoms with Crippen LogP contribution in [0.4, 0.5) is 4.39 Å². The van der Waals surface area contributed by atoms with Gasteiger partial charge in [-0.3, -0.25) is 4.79 Å². The number of carbonyl (C=O) groups excluding carboxylic acids is 1. The number of nitrogens with zero attached hydrogens (tertiary/aromatic N) is 4. The molecule has 0 radical (unpaired) electrons. The van der Waals surface area contributed by atoms with Crippen molar-refractivity contribution < 1.29 is 17.6 Å². The summed E-state index contributed by atoms with van der Waals surface area (Å²) in [7, 11) is -1.98. The van der Waals surface area contributed by atoms with Crippen molar-refractivity contribution in [3.05, 3.63) is 40.9 Å². The van der Waals surface area contributed by atoms with Crippen molar-refractivity contribution in [2.24, 2.45) is 7.05 Å². The van der Waals surface area contributed by atoms with E-state index in [-0.39, 0.29) is 22.5 Å². The van der Waals surface area contributed by atoms with Crippen LogP contribution in [-0.2, 0) is 28.1 Å². The predicted octanol–water partition coefficient (Wildman–Crippen LogP) is 2.01. The van der Waals surface area contributed by atoms with Gasteiger partial charge in [-0.2, -0.15) is 0 Å². The molecule has 1 saturated heterocycles. The third-order valence-corrected chi connectivity index (χ3v) is 7.30. The molecule has 10 heteroatoms. The largest absolute Gasteiger partial charge is 0.343 e.